The lowest BCUT2D eigenvalue weighted by Crippen LogP contribution is -2.41. The second-order valence-electron chi connectivity index (χ2n) is 10.1. The first-order chi connectivity index (χ1) is 16.4. The van der Waals surface area contributed by atoms with Crippen LogP contribution in [0.5, 0.6) is 0 Å². The number of alkyl carbamates (subject to hydrolysis) is 1. The van der Waals surface area contributed by atoms with E-state index < -0.39 is 34.7 Å². The number of pyridine rings is 1. The number of benzene rings is 1. The molecule has 1 amide bonds. The summed E-state index contributed by atoms with van der Waals surface area (Å²) in [4.78, 5) is 37.4. The number of hydrogen-bond donors (Lipinski definition) is 1. The van der Waals surface area contributed by atoms with Gasteiger partial charge in [-0.15, -0.1) is 0 Å². The number of nitrogens with one attached hydrogen (secondary N) is 1. The minimum absolute atomic E-state index is 0.0175. The van der Waals surface area contributed by atoms with E-state index in [9.17, 15) is 23.2 Å². The highest BCUT2D eigenvalue weighted by molar-refractivity contribution is 5.95. The lowest BCUT2D eigenvalue weighted by molar-refractivity contribution is 0.0484. The number of carbonyl (C=O) groups excluding carboxylic acids is 2. The summed E-state index contributed by atoms with van der Waals surface area (Å²) >= 11 is 0. The van der Waals surface area contributed by atoms with Gasteiger partial charge in [-0.2, -0.15) is 0 Å². The summed E-state index contributed by atoms with van der Waals surface area (Å²) in [6.07, 6.45) is 4.82. The zero-order chi connectivity index (χ0) is 25.9. The van der Waals surface area contributed by atoms with Gasteiger partial charge in [0.05, 0.1) is 17.5 Å². The largest absolute Gasteiger partial charge is 0.462 e. The molecule has 1 aromatic heterocycles. The highest BCUT2D eigenvalue weighted by atomic mass is 19.1. The van der Waals surface area contributed by atoms with Crippen molar-refractivity contribution in [1.82, 2.24) is 9.88 Å². The monoisotopic (exact) mass is 492 g/mol. The Labute approximate surface area is 203 Å². The van der Waals surface area contributed by atoms with Gasteiger partial charge in [0.15, 0.2) is 5.82 Å². The van der Waals surface area contributed by atoms with Gasteiger partial charge >= 0.3 is 12.1 Å². The van der Waals surface area contributed by atoms with Crippen molar-refractivity contribution in [2.75, 3.05) is 6.61 Å². The van der Waals surface area contributed by atoms with Crippen molar-refractivity contribution in [2.24, 2.45) is 13.0 Å². The number of aryl methyl sites for hydroxylation is 2. The molecule has 35 heavy (non-hydrogen) atoms. The van der Waals surface area contributed by atoms with Crippen LogP contribution >= 0.6 is 0 Å². The predicted molar refractivity (Wildman–Crippen MR) is 128 cm³/mol. The zero-order valence-electron chi connectivity index (χ0n) is 21.0. The van der Waals surface area contributed by atoms with E-state index in [0.29, 0.717) is 6.42 Å². The number of amides is 1. The van der Waals surface area contributed by atoms with Crippen LogP contribution in [0, 0.1) is 17.6 Å². The minimum Gasteiger partial charge on any atom is -0.462 e. The highest BCUT2D eigenvalue weighted by Gasteiger charge is 2.27. The molecule has 1 saturated carbocycles. The smallest absolute Gasteiger partial charge is 0.407 e. The van der Waals surface area contributed by atoms with Crippen LogP contribution in [0.1, 0.15) is 75.7 Å². The SMILES string of the molecule is CCOC(=O)c1cn(C)c2c(F)cc(F)c(CC[C@H]3CC[C@H](NC(=O)OC(C)(C)C)CC3)c2c1=O. The van der Waals surface area contributed by atoms with Gasteiger partial charge in [-0.3, -0.25) is 4.79 Å². The van der Waals surface area contributed by atoms with E-state index in [1.54, 1.807) is 6.92 Å². The Kier molecular flexibility index (Phi) is 8.18. The molecular weight excluding hydrogens is 458 g/mol. The molecule has 0 unspecified atom stereocenters. The van der Waals surface area contributed by atoms with E-state index in [0.717, 1.165) is 31.7 Å². The fourth-order valence-electron chi connectivity index (χ4n) is 4.71. The summed E-state index contributed by atoms with van der Waals surface area (Å²) in [5, 5.41) is 2.78. The Morgan fingerprint density at radius 3 is 2.40 bits per heavy atom. The number of rotatable bonds is 6. The van der Waals surface area contributed by atoms with Crippen LogP contribution < -0.4 is 10.7 Å². The second-order valence-corrected chi connectivity index (χ2v) is 10.1. The first-order valence-corrected chi connectivity index (χ1v) is 12.1. The maximum absolute atomic E-state index is 14.9. The van der Waals surface area contributed by atoms with Crippen molar-refractivity contribution in [3.8, 4) is 0 Å². The van der Waals surface area contributed by atoms with E-state index in [4.69, 9.17) is 9.47 Å². The third kappa shape index (κ3) is 6.38. The van der Waals surface area contributed by atoms with Crippen LogP contribution in [0.15, 0.2) is 17.1 Å². The van der Waals surface area contributed by atoms with Gasteiger partial charge in [-0.05, 0) is 72.1 Å². The topological polar surface area (TPSA) is 86.6 Å². The molecule has 9 heteroatoms. The first kappa shape index (κ1) is 26.6. The summed E-state index contributed by atoms with van der Waals surface area (Å²) < 4.78 is 41.1. The third-order valence-electron chi connectivity index (χ3n) is 6.32. The number of halogens is 2. The molecule has 1 fully saturated rings. The average Bonchev–Trinajstić information content (AvgIpc) is 2.75. The van der Waals surface area contributed by atoms with Crippen LogP contribution in [0.2, 0.25) is 0 Å². The molecule has 1 aliphatic rings. The number of fused-ring (bicyclic) bond motifs is 1. The number of aromatic nitrogens is 1. The van der Waals surface area contributed by atoms with Crippen LogP contribution in [0.3, 0.4) is 0 Å². The van der Waals surface area contributed by atoms with Gasteiger partial charge in [0.25, 0.3) is 0 Å². The average molecular weight is 493 g/mol. The second kappa shape index (κ2) is 10.7. The number of hydrogen-bond acceptors (Lipinski definition) is 5. The normalized spacial score (nSPS) is 18.4. The quantitative estimate of drug-likeness (QED) is 0.573. The molecule has 1 aliphatic carbocycles. The zero-order valence-corrected chi connectivity index (χ0v) is 21.0. The molecule has 192 valence electrons. The van der Waals surface area contributed by atoms with Gasteiger partial charge in [-0.1, -0.05) is 0 Å². The van der Waals surface area contributed by atoms with E-state index in [-0.39, 0.29) is 47.0 Å². The van der Waals surface area contributed by atoms with Crippen LogP contribution in [0.25, 0.3) is 10.9 Å². The van der Waals surface area contributed by atoms with E-state index in [2.05, 4.69) is 5.32 Å². The molecule has 7 nitrogen and oxygen atoms in total. The van der Waals surface area contributed by atoms with Gasteiger partial charge in [-0.25, -0.2) is 18.4 Å². The summed E-state index contributed by atoms with van der Waals surface area (Å²) in [5.41, 5.74) is -1.46. The maximum atomic E-state index is 14.9. The molecule has 1 N–H and O–H groups in total. The molecule has 1 heterocycles. The molecule has 0 atom stereocenters. The number of esters is 1. The van der Waals surface area contributed by atoms with Crippen LogP contribution in [-0.4, -0.2) is 34.9 Å². The van der Waals surface area contributed by atoms with Gasteiger partial charge in [0.2, 0.25) is 5.43 Å². The number of nitrogens with zero attached hydrogens (tertiary/aromatic N) is 1. The van der Waals surface area contributed by atoms with Crippen molar-refractivity contribution >= 4 is 23.0 Å². The van der Waals surface area contributed by atoms with Gasteiger partial charge < -0.3 is 19.4 Å². The molecule has 3 rings (SSSR count). The van der Waals surface area contributed by atoms with Gasteiger partial charge in [0.1, 0.15) is 17.0 Å². The predicted octanol–water partition coefficient (Wildman–Crippen LogP) is 5.01. The summed E-state index contributed by atoms with van der Waals surface area (Å²) in [5.74, 6) is -2.21. The van der Waals surface area contributed by atoms with Crippen molar-refractivity contribution in [1.29, 1.82) is 0 Å². The lowest BCUT2D eigenvalue weighted by atomic mass is 9.82. The molecule has 0 spiro atoms. The summed E-state index contributed by atoms with van der Waals surface area (Å²) in [6.45, 7) is 7.13. The Morgan fingerprint density at radius 1 is 1.14 bits per heavy atom. The molecule has 0 bridgehead atoms. The van der Waals surface area contributed by atoms with Crippen molar-refractivity contribution < 1.29 is 27.8 Å². The minimum atomic E-state index is -0.856. The van der Waals surface area contributed by atoms with Crippen molar-refractivity contribution in [3.63, 3.8) is 0 Å². The Hall–Kier alpha value is -2.97. The Balaban J connectivity index is 1.76. The fraction of sp³-hybridized carbons (Fsp3) is 0.577. The summed E-state index contributed by atoms with van der Waals surface area (Å²) in [6, 6.07) is 0.812. The molecule has 0 radical (unpaired) electrons. The fourth-order valence-corrected chi connectivity index (χ4v) is 4.71. The van der Waals surface area contributed by atoms with Crippen molar-refractivity contribution in [2.45, 2.75) is 77.9 Å². The molecule has 1 aromatic carbocycles. The van der Waals surface area contributed by atoms with E-state index >= 15 is 0 Å². The van der Waals surface area contributed by atoms with E-state index in [1.165, 1.54) is 17.8 Å². The Morgan fingerprint density at radius 2 is 1.80 bits per heavy atom. The van der Waals surface area contributed by atoms with Crippen LogP contribution in [0.4, 0.5) is 13.6 Å². The molecule has 0 aliphatic heterocycles. The molecule has 0 saturated heterocycles. The maximum Gasteiger partial charge on any atom is 0.407 e. The third-order valence-corrected chi connectivity index (χ3v) is 6.32. The number of ether oxygens (including phenoxy) is 2. The Bertz CT molecular complexity index is 1160. The van der Waals surface area contributed by atoms with Crippen LogP contribution in [-0.2, 0) is 22.9 Å². The summed E-state index contributed by atoms with van der Waals surface area (Å²) in [7, 11) is 1.51. The lowest BCUT2D eigenvalue weighted by Gasteiger charge is -2.30. The van der Waals surface area contributed by atoms with Gasteiger partial charge in [0, 0.05) is 30.9 Å². The first-order valence-electron chi connectivity index (χ1n) is 12.1. The standard InChI is InChI=1S/C26H34F2N2O5/c1-6-34-24(32)18-14-30(5)22-20(28)13-19(27)17(21(22)23(18)31)12-9-15-7-10-16(11-8-15)29-25(33)35-26(2,3)4/h13-16H,6-12H2,1-5H3,(H,29,33)/t15-,16-. The highest BCUT2D eigenvalue weighted by Crippen LogP contribution is 2.31. The van der Waals surface area contributed by atoms with Crippen molar-refractivity contribution in [3.05, 3.63) is 45.2 Å². The van der Waals surface area contributed by atoms with E-state index in [1.807, 2.05) is 20.8 Å². The molecular formula is C26H34F2N2O5. The number of carbonyl (C=O) groups is 2. The molecule has 2 aromatic rings.